The zero-order valence-corrected chi connectivity index (χ0v) is 16.6. The molecule has 0 aliphatic carbocycles. The van der Waals surface area contributed by atoms with Gasteiger partial charge in [-0.3, -0.25) is 4.79 Å². The number of thioether (sulfide) groups is 1. The van der Waals surface area contributed by atoms with Crippen molar-refractivity contribution in [3.05, 3.63) is 65.0 Å². The SMILES string of the molecule is CSc1nc(-c2ccco2)nc(C)c1C(=O)OCC(=O)c1cccc(C(F)(F)F)c1. The first-order chi connectivity index (χ1) is 14.2. The smallest absolute Gasteiger partial charge is 0.416 e. The van der Waals surface area contributed by atoms with Crippen molar-refractivity contribution in [3.63, 3.8) is 0 Å². The number of Topliss-reactive ketones (excluding diaryl/α,β-unsaturated/α-hetero) is 1. The molecule has 0 atom stereocenters. The molecule has 0 radical (unpaired) electrons. The lowest BCUT2D eigenvalue weighted by molar-refractivity contribution is -0.137. The molecule has 0 saturated carbocycles. The van der Waals surface area contributed by atoms with Crippen LogP contribution in [0.1, 0.15) is 32.0 Å². The third-order valence-electron chi connectivity index (χ3n) is 4.04. The Labute approximate surface area is 173 Å². The third-order valence-corrected chi connectivity index (χ3v) is 4.72. The van der Waals surface area contributed by atoms with E-state index in [1.165, 1.54) is 24.1 Å². The highest BCUT2D eigenvalue weighted by Gasteiger charge is 2.31. The van der Waals surface area contributed by atoms with Crippen molar-refractivity contribution in [2.24, 2.45) is 0 Å². The molecule has 156 valence electrons. The van der Waals surface area contributed by atoms with E-state index in [-0.39, 0.29) is 11.1 Å². The monoisotopic (exact) mass is 436 g/mol. The van der Waals surface area contributed by atoms with E-state index >= 15 is 0 Å². The molecule has 0 saturated heterocycles. The zero-order chi connectivity index (χ0) is 21.9. The minimum atomic E-state index is -4.58. The summed E-state index contributed by atoms with van der Waals surface area (Å²) < 4.78 is 48.7. The summed E-state index contributed by atoms with van der Waals surface area (Å²) in [6.45, 7) is 0.867. The normalized spacial score (nSPS) is 11.4. The molecule has 1 aromatic carbocycles. The summed E-state index contributed by atoms with van der Waals surface area (Å²) in [5.41, 5.74) is -0.766. The van der Waals surface area contributed by atoms with Gasteiger partial charge in [0, 0.05) is 5.56 Å². The van der Waals surface area contributed by atoms with Gasteiger partial charge in [0.2, 0.25) is 0 Å². The standard InChI is InChI=1S/C20H15F3N2O4S/c1-11-16(18(30-2)25-17(24-11)15-7-4-8-28-15)19(27)29-10-14(26)12-5-3-6-13(9-12)20(21,22)23/h3-9H,10H2,1-2H3. The van der Waals surface area contributed by atoms with Gasteiger partial charge in [-0.25, -0.2) is 14.8 Å². The van der Waals surface area contributed by atoms with E-state index in [0.717, 1.165) is 18.2 Å². The maximum atomic E-state index is 12.8. The zero-order valence-electron chi connectivity index (χ0n) is 15.8. The van der Waals surface area contributed by atoms with E-state index in [2.05, 4.69) is 9.97 Å². The number of rotatable bonds is 6. The Hall–Kier alpha value is -3.14. The Morgan fingerprint density at radius 3 is 2.57 bits per heavy atom. The number of halogens is 3. The fraction of sp³-hybridized carbons (Fsp3) is 0.200. The summed E-state index contributed by atoms with van der Waals surface area (Å²) in [6.07, 6.45) is -1.41. The minimum absolute atomic E-state index is 0.0784. The maximum Gasteiger partial charge on any atom is 0.416 e. The topological polar surface area (TPSA) is 82.3 Å². The molecule has 0 aliphatic rings. The molecule has 0 spiro atoms. The van der Waals surface area contributed by atoms with Crippen molar-refractivity contribution >= 4 is 23.5 Å². The second-order valence-electron chi connectivity index (χ2n) is 6.07. The highest BCUT2D eigenvalue weighted by atomic mass is 32.2. The van der Waals surface area contributed by atoms with Crippen molar-refractivity contribution in [3.8, 4) is 11.6 Å². The van der Waals surface area contributed by atoms with Gasteiger partial charge in [0.05, 0.1) is 17.5 Å². The maximum absolute atomic E-state index is 12.8. The van der Waals surface area contributed by atoms with Gasteiger partial charge in [0.15, 0.2) is 24.0 Å². The van der Waals surface area contributed by atoms with E-state index in [1.807, 2.05) is 0 Å². The molecule has 2 aromatic heterocycles. The van der Waals surface area contributed by atoms with Gasteiger partial charge in [-0.15, -0.1) is 11.8 Å². The van der Waals surface area contributed by atoms with Crippen LogP contribution >= 0.6 is 11.8 Å². The van der Waals surface area contributed by atoms with Gasteiger partial charge in [0.25, 0.3) is 0 Å². The molecule has 30 heavy (non-hydrogen) atoms. The second kappa shape index (κ2) is 8.70. The molecule has 0 N–H and O–H groups in total. The van der Waals surface area contributed by atoms with Crippen molar-refractivity contribution in [1.82, 2.24) is 9.97 Å². The van der Waals surface area contributed by atoms with Crippen molar-refractivity contribution in [2.75, 3.05) is 12.9 Å². The first-order valence-electron chi connectivity index (χ1n) is 8.54. The number of ketones is 1. The number of carbonyl (C=O) groups excluding carboxylic acids is 2. The summed E-state index contributed by atoms with van der Waals surface area (Å²) in [6, 6.07) is 7.27. The number of esters is 1. The number of alkyl halides is 3. The molecule has 6 nitrogen and oxygen atoms in total. The van der Waals surface area contributed by atoms with Crippen LogP contribution in [0.4, 0.5) is 13.2 Å². The largest absolute Gasteiger partial charge is 0.461 e. The van der Waals surface area contributed by atoms with Gasteiger partial charge in [-0.2, -0.15) is 13.2 Å². The van der Waals surface area contributed by atoms with Gasteiger partial charge in [-0.1, -0.05) is 12.1 Å². The molecule has 0 aliphatic heterocycles. The Morgan fingerprint density at radius 1 is 1.17 bits per heavy atom. The second-order valence-corrected chi connectivity index (χ2v) is 6.87. The fourth-order valence-electron chi connectivity index (χ4n) is 2.60. The minimum Gasteiger partial charge on any atom is -0.461 e. The van der Waals surface area contributed by atoms with Crippen molar-refractivity contribution in [1.29, 1.82) is 0 Å². The van der Waals surface area contributed by atoms with Crippen LogP contribution in [-0.4, -0.2) is 34.6 Å². The molecule has 10 heteroatoms. The Bertz CT molecular complexity index is 1080. The molecule has 0 bridgehead atoms. The summed E-state index contributed by atoms with van der Waals surface area (Å²) in [5, 5.41) is 0.324. The van der Waals surface area contributed by atoms with Crippen LogP contribution in [0.25, 0.3) is 11.6 Å². The van der Waals surface area contributed by atoms with Gasteiger partial charge >= 0.3 is 12.1 Å². The van der Waals surface area contributed by atoms with Crippen LogP contribution in [0, 0.1) is 6.92 Å². The molecule has 0 fully saturated rings. The number of hydrogen-bond donors (Lipinski definition) is 0. The van der Waals surface area contributed by atoms with Crippen LogP contribution in [0.2, 0.25) is 0 Å². The van der Waals surface area contributed by atoms with Crippen LogP contribution < -0.4 is 0 Å². The number of hydrogen-bond acceptors (Lipinski definition) is 7. The van der Waals surface area contributed by atoms with Gasteiger partial charge in [-0.05, 0) is 37.4 Å². The van der Waals surface area contributed by atoms with E-state index in [1.54, 1.807) is 25.3 Å². The fourth-order valence-corrected chi connectivity index (χ4v) is 3.21. The quantitative estimate of drug-likeness (QED) is 0.237. The number of furan rings is 1. The highest BCUT2D eigenvalue weighted by molar-refractivity contribution is 7.98. The summed E-state index contributed by atoms with van der Waals surface area (Å²) in [5.74, 6) is -0.888. The van der Waals surface area contributed by atoms with Crippen LogP contribution in [0.15, 0.2) is 52.1 Å². The molecule has 3 aromatic rings. The average Bonchev–Trinajstić information content (AvgIpc) is 3.25. The first kappa shape index (κ1) is 21.6. The van der Waals surface area contributed by atoms with E-state index in [0.29, 0.717) is 22.3 Å². The molecular weight excluding hydrogens is 421 g/mol. The lowest BCUT2D eigenvalue weighted by Crippen LogP contribution is -2.17. The summed E-state index contributed by atoms with van der Waals surface area (Å²) in [4.78, 5) is 33.3. The number of carbonyl (C=O) groups is 2. The number of aromatic nitrogens is 2. The van der Waals surface area contributed by atoms with E-state index in [9.17, 15) is 22.8 Å². The first-order valence-corrected chi connectivity index (χ1v) is 9.77. The summed E-state index contributed by atoms with van der Waals surface area (Å²) in [7, 11) is 0. The van der Waals surface area contributed by atoms with Crippen LogP contribution in [0.5, 0.6) is 0 Å². The van der Waals surface area contributed by atoms with Crippen molar-refractivity contribution in [2.45, 2.75) is 18.1 Å². The Balaban J connectivity index is 1.77. The van der Waals surface area contributed by atoms with E-state index < -0.39 is 30.1 Å². The number of aryl methyl sites for hydroxylation is 1. The van der Waals surface area contributed by atoms with Crippen LogP contribution in [0.3, 0.4) is 0 Å². The molecule has 0 unspecified atom stereocenters. The van der Waals surface area contributed by atoms with Crippen molar-refractivity contribution < 1.29 is 31.9 Å². The number of ether oxygens (including phenoxy) is 1. The molecule has 0 amide bonds. The lowest BCUT2D eigenvalue weighted by atomic mass is 10.1. The van der Waals surface area contributed by atoms with E-state index in [4.69, 9.17) is 9.15 Å². The Morgan fingerprint density at radius 2 is 1.93 bits per heavy atom. The molecule has 3 rings (SSSR count). The Kier molecular flexibility index (Phi) is 6.25. The average molecular weight is 436 g/mol. The summed E-state index contributed by atoms with van der Waals surface area (Å²) >= 11 is 1.18. The predicted octanol–water partition coefficient (Wildman–Crippen LogP) is 4.83. The van der Waals surface area contributed by atoms with Gasteiger partial charge in [0.1, 0.15) is 10.6 Å². The van der Waals surface area contributed by atoms with Gasteiger partial charge < -0.3 is 9.15 Å². The number of benzene rings is 1. The number of nitrogens with zero attached hydrogens (tertiary/aromatic N) is 2. The predicted molar refractivity (Wildman–Crippen MR) is 102 cm³/mol. The molecular formula is C20H15F3N2O4S. The molecule has 2 heterocycles. The highest BCUT2D eigenvalue weighted by Crippen LogP contribution is 2.30. The van der Waals surface area contributed by atoms with Crippen LogP contribution in [-0.2, 0) is 10.9 Å². The lowest BCUT2D eigenvalue weighted by Gasteiger charge is -2.11. The third kappa shape index (κ3) is 4.70.